The topological polar surface area (TPSA) is 56.0 Å². The Hall–Kier alpha value is -2.27. The van der Waals surface area contributed by atoms with Gasteiger partial charge in [0.25, 0.3) is 0 Å². The van der Waals surface area contributed by atoms with E-state index in [0.717, 1.165) is 5.39 Å². The van der Waals surface area contributed by atoms with Gasteiger partial charge in [0.05, 0.1) is 5.69 Å². The summed E-state index contributed by atoms with van der Waals surface area (Å²) >= 11 is 1.24. The van der Waals surface area contributed by atoms with Gasteiger partial charge in [-0.15, -0.1) is 5.10 Å². The Morgan fingerprint density at radius 2 is 2.22 bits per heavy atom. The average molecular weight is 256 g/mol. The quantitative estimate of drug-likeness (QED) is 0.533. The van der Waals surface area contributed by atoms with Gasteiger partial charge in [0.1, 0.15) is 5.58 Å². The molecule has 2 heterocycles. The number of carbonyl (C=O) groups is 1. The summed E-state index contributed by atoms with van der Waals surface area (Å²) in [5, 5.41) is 6.51. The first kappa shape index (κ1) is 10.9. The van der Waals surface area contributed by atoms with Crippen molar-refractivity contribution in [2.75, 3.05) is 0 Å². The molecule has 2 aromatic heterocycles. The lowest BCUT2D eigenvalue weighted by Crippen LogP contribution is -1.90. The Morgan fingerprint density at radius 1 is 1.33 bits per heavy atom. The van der Waals surface area contributed by atoms with Crippen LogP contribution >= 0.6 is 11.5 Å². The van der Waals surface area contributed by atoms with E-state index in [1.54, 1.807) is 17.5 Å². The van der Waals surface area contributed by atoms with Crippen molar-refractivity contribution in [2.24, 2.45) is 0 Å². The lowest BCUT2D eigenvalue weighted by molar-refractivity contribution is 0.102. The molecule has 3 rings (SSSR count). The average Bonchev–Trinajstić information content (AvgIpc) is 3.04. The van der Waals surface area contributed by atoms with Crippen LogP contribution in [0.2, 0.25) is 0 Å². The summed E-state index contributed by atoms with van der Waals surface area (Å²) in [6, 6.07) is 9.25. The van der Waals surface area contributed by atoms with Gasteiger partial charge in [-0.1, -0.05) is 22.7 Å². The first-order valence-corrected chi connectivity index (χ1v) is 6.14. The monoisotopic (exact) mass is 256 g/mol. The fraction of sp³-hybridized carbons (Fsp3) is 0. The smallest absolute Gasteiger partial charge is 0.221 e. The zero-order valence-electron chi connectivity index (χ0n) is 9.24. The zero-order valence-corrected chi connectivity index (χ0v) is 10.1. The molecule has 18 heavy (non-hydrogen) atoms. The summed E-state index contributed by atoms with van der Waals surface area (Å²) in [6.07, 6.45) is 3.06. The third-order valence-electron chi connectivity index (χ3n) is 2.45. The van der Waals surface area contributed by atoms with Gasteiger partial charge in [0.15, 0.2) is 5.76 Å². The van der Waals surface area contributed by atoms with Crippen LogP contribution in [0.15, 0.2) is 46.2 Å². The number of benzene rings is 1. The van der Waals surface area contributed by atoms with Crippen molar-refractivity contribution in [3.63, 3.8) is 0 Å². The number of rotatable bonds is 3. The number of nitrogens with zero attached hydrogens (tertiary/aromatic N) is 2. The third kappa shape index (κ3) is 2.08. The van der Waals surface area contributed by atoms with E-state index >= 15 is 0 Å². The summed E-state index contributed by atoms with van der Waals surface area (Å²) < 4.78 is 9.18. The summed E-state index contributed by atoms with van der Waals surface area (Å²) in [7, 11) is 0. The molecule has 0 unspecified atom stereocenters. The van der Waals surface area contributed by atoms with Gasteiger partial charge in [-0.2, -0.15) is 0 Å². The number of hydrogen-bond acceptors (Lipinski definition) is 5. The Kier molecular flexibility index (Phi) is 2.74. The van der Waals surface area contributed by atoms with Gasteiger partial charge in [-0.05, 0) is 35.8 Å². The molecule has 0 atom stereocenters. The van der Waals surface area contributed by atoms with Gasteiger partial charge in [-0.3, -0.25) is 4.79 Å². The number of aromatic nitrogens is 2. The molecule has 0 bridgehead atoms. The van der Waals surface area contributed by atoms with Gasteiger partial charge in [0.2, 0.25) is 5.78 Å². The van der Waals surface area contributed by atoms with Crippen molar-refractivity contribution in [1.82, 2.24) is 9.59 Å². The molecule has 0 fully saturated rings. The van der Waals surface area contributed by atoms with Crippen LogP contribution in [0.5, 0.6) is 0 Å². The molecule has 0 aliphatic heterocycles. The molecule has 5 heteroatoms. The molecule has 1 aromatic carbocycles. The predicted octanol–water partition coefficient (Wildman–Crippen LogP) is 3.18. The van der Waals surface area contributed by atoms with Gasteiger partial charge < -0.3 is 4.42 Å². The molecule has 0 N–H and O–H groups in total. The van der Waals surface area contributed by atoms with Crippen molar-refractivity contribution in [2.45, 2.75) is 0 Å². The SMILES string of the molecule is O=C(/C=C/c1csnn1)c1cc2ccccc2o1. The van der Waals surface area contributed by atoms with Crippen LogP contribution in [-0.4, -0.2) is 15.4 Å². The number of para-hydroxylation sites is 1. The molecule has 88 valence electrons. The fourth-order valence-corrected chi connectivity index (χ4v) is 2.01. The first-order chi connectivity index (χ1) is 8.83. The van der Waals surface area contributed by atoms with Crippen LogP contribution in [-0.2, 0) is 0 Å². The summed E-state index contributed by atoms with van der Waals surface area (Å²) in [4.78, 5) is 11.9. The highest BCUT2D eigenvalue weighted by Gasteiger charge is 2.08. The number of furan rings is 1. The maximum absolute atomic E-state index is 11.9. The highest BCUT2D eigenvalue weighted by Crippen LogP contribution is 2.19. The Labute approximate surface area is 107 Å². The molecular weight excluding hydrogens is 248 g/mol. The Balaban J connectivity index is 1.88. The van der Waals surface area contributed by atoms with Crippen molar-refractivity contribution in [3.05, 3.63) is 53.2 Å². The number of fused-ring (bicyclic) bond motifs is 1. The maximum atomic E-state index is 11.9. The van der Waals surface area contributed by atoms with Gasteiger partial charge in [0, 0.05) is 10.8 Å². The molecular formula is C13H8N2O2S. The van der Waals surface area contributed by atoms with Crippen LogP contribution in [0.25, 0.3) is 17.0 Å². The van der Waals surface area contributed by atoms with Gasteiger partial charge >= 0.3 is 0 Å². The van der Waals surface area contributed by atoms with Crippen molar-refractivity contribution in [3.8, 4) is 0 Å². The summed E-state index contributed by atoms with van der Waals surface area (Å²) in [6.45, 7) is 0. The normalized spacial score (nSPS) is 11.3. The Morgan fingerprint density at radius 3 is 3.00 bits per heavy atom. The van der Waals surface area contributed by atoms with Crippen LogP contribution in [0.3, 0.4) is 0 Å². The third-order valence-corrected chi connectivity index (χ3v) is 2.97. The minimum atomic E-state index is -0.181. The van der Waals surface area contributed by atoms with E-state index in [1.807, 2.05) is 24.3 Å². The molecule has 0 aliphatic rings. The Bertz CT molecular complexity index is 681. The number of carbonyl (C=O) groups excluding carboxylic acids is 1. The molecule has 0 saturated heterocycles. The maximum Gasteiger partial charge on any atom is 0.221 e. The molecule has 0 aliphatic carbocycles. The van der Waals surface area contributed by atoms with Crippen molar-refractivity contribution in [1.29, 1.82) is 0 Å². The minimum Gasteiger partial charge on any atom is -0.453 e. The minimum absolute atomic E-state index is 0.181. The van der Waals surface area contributed by atoms with Crippen molar-refractivity contribution < 1.29 is 9.21 Å². The first-order valence-electron chi connectivity index (χ1n) is 5.31. The number of hydrogen-bond donors (Lipinski definition) is 0. The number of ketones is 1. The van der Waals surface area contributed by atoms with E-state index in [2.05, 4.69) is 9.59 Å². The van der Waals surface area contributed by atoms with Crippen molar-refractivity contribution >= 4 is 34.4 Å². The van der Waals surface area contributed by atoms with Crippen LogP contribution in [0.4, 0.5) is 0 Å². The molecule has 3 aromatic rings. The molecule has 0 saturated carbocycles. The highest BCUT2D eigenvalue weighted by molar-refractivity contribution is 7.03. The molecule has 0 spiro atoms. The van der Waals surface area contributed by atoms with E-state index in [1.165, 1.54) is 17.6 Å². The van der Waals surface area contributed by atoms with E-state index in [9.17, 15) is 4.79 Å². The number of allylic oxidation sites excluding steroid dienone is 1. The van der Waals surface area contributed by atoms with E-state index in [4.69, 9.17) is 4.42 Å². The second kappa shape index (κ2) is 4.54. The molecule has 4 nitrogen and oxygen atoms in total. The van der Waals surface area contributed by atoms with Gasteiger partial charge in [-0.25, -0.2) is 0 Å². The lowest BCUT2D eigenvalue weighted by atomic mass is 10.2. The lowest BCUT2D eigenvalue weighted by Gasteiger charge is -1.86. The molecule has 0 radical (unpaired) electrons. The van der Waals surface area contributed by atoms with Crippen LogP contribution < -0.4 is 0 Å². The zero-order chi connectivity index (χ0) is 12.4. The summed E-state index contributed by atoms with van der Waals surface area (Å²) in [5.41, 5.74) is 1.38. The standard InChI is InChI=1S/C13H8N2O2S/c16-11(6-5-10-8-18-15-14-10)13-7-9-3-1-2-4-12(9)17-13/h1-8H/b6-5+. The van der Waals surface area contributed by atoms with Crippen LogP contribution in [0, 0.1) is 0 Å². The second-order valence-corrected chi connectivity index (χ2v) is 4.29. The summed E-state index contributed by atoms with van der Waals surface area (Å²) in [5.74, 6) is 0.148. The van der Waals surface area contributed by atoms with E-state index in [0.29, 0.717) is 17.0 Å². The molecule has 0 amide bonds. The largest absolute Gasteiger partial charge is 0.453 e. The van der Waals surface area contributed by atoms with Crippen LogP contribution in [0.1, 0.15) is 16.2 Å². The fourth-order valence-electron chi connectivity index (χ4n) is 1.59. The van der Waals surface area contributed by atoms with E-state index < -0.39 is 0 Å². The second-order valence-electron chi connectivity index (χ2n) is 3.68. The highest BCUT2D eigenvalue weighted by atomic mass is 32.1. The van der Waals surface area contributed by atoms with E-state index in [-0.39, 0.29) is 5.78 Å². The predicted molar refractivity (Wildman–Crippen MR) is 69.5 cm³/mol.